The molecule has 0 radical (unpaired) electrons. The molecular weight excluding hydrogens is 346 g/mol. The molecule has 1 amide bonds. The molecule has 130 valence electrons. The van der Waals surface area contributed by atoms with Gasteiger partial charge in [0.1, 0.15) is 17.0 Å². The van der Waals surface area contributed by atoms with Crippen molar-refractivity contribution in [2.45, 2.75) is 25.2 Å². The first-order valence-electron chi connectivity index (χ1n) is 7.43. The van der Waals surface area contributed by atoms with Gasteiger partial charge in [-0.15, -0.1) is 0 Å². The lowest BCUT2D eigenvalue weighted by molar-refractivity contribution is -0.150. The molecule has 8 nitrogen and oxygen atoms in total. The number of thioether (sulfide) groups is 1. The second kappa shape index (κ2) is 7.39. The fourth-order valence-corrected chi connectivity index (χ4v) is 2.59. The van der Waals surface area contributed by atoms with Crippen molar-refractivity contribution in [1.29, 1.82) is 0 Å². The number of nitrogens with one attached hydrogen (secondary N) is 1. The van der Waals surface area contributed by atoms with Crippen LogP contribution in [0.4, 0.5) is 5.82 Å². The van der Waals surface area contributed by atoms with Gasteiger partial charge in [0.25, 0.3) is 11.1 Å². The lowest BCUT2D eigenvalue weighted by atomic mass is 10.3. The maximum absolute atomic E-state index is 11.9. The molecule has 0 aliphatic carbocycles. The summed E-state index contributed by atoms with van der Waals surface area (Å²) in [7, 11) is 0. The van der Waals surface area contributed by atoms with Crippen LogP contribution in [0.25, 0.3) is 11.1 Å². The normalized spacial score (nSPS) is 12.1. The average Bonchev–Trinajstić information content (AvgIpc) is 3.18. The monoisotopic (exact) mass is 361 g/mol. The molecule has 0 saturated heterocycles. The third-order valence-corrected chi connectivity index (χ3v) is 3.95. The Kier molecular flexibility index (Phi) is 5.03. The maximum atomic E-state index is 11.9. The molecule has 1 N–H and O–H groups in total. The molecule has 1 unspecified atom stereocenters. The van der Waals surface area contributed by atoms with E-state index in [1.54, 1.807) is 19.1 Å². The maximum Gasteiger partial charge on any atom is 0.317 e. The number of fused-ring (bicyclic) bond motifs is 1. The van der Waals surface area contributed by atoms with Crippen LogP contribution in [-0.4, -0.2) is 33.9 Å². The van der Waals surface area contributed by atoms with Crippen LogP contribution in [-0.2, 0) is 14.3 Å². The van der Waals surface area contributed by atoms with E-state index in [9.17, 15) is 9.59 Å². The van der Waals surface area contributed by atoms with Crippen LogP contribution in [0.3, 0.4) is 0 Å². The van der Waals surface area contributed by atoms with Crippen LogP contribution in [0.5, 0.6) is 0 Å². The number of oxazole rings is 1. The summed E-state index contributed by atoms with van der Waals surface area (Å²) in [6.45, 7) is 3.18. The number of hydrogen-bond acceptors (Lipinski definition) is 8. The fraction of sp³-hybridized carbons (Fsp3) is 0.250. The minimum atomic E-state index is -0.964. The Hall–Kier alpha value is -2.81. The molecule has 3 aromatic rings. The third-order valence-electron chi connectivity index (χ3n) is 3.14. The van der Waals surface area contributed by atoms with Gasteiger partial charge in [-0.2, -0.15) is 0 Å². The van der Waals surface area contributed by atoms with Gasteiger partial charge in [-0.05, 0) is 26.0 Å². The Morgan fingerprint density at radius 2 is 2.16 bits per heavy atom. The smallest absolute Gasteiger partial charge is 0.317 e. The van der Waals surface area contributed by atoms with Gasteiger partial charge in [0.15, 0.2) is 17.5 Å². The number of hydrogen-bond donors (Lipinski definition) is 1. The van der Waals surface area contributed by atoms with E-state index in [2.05, 4.69) is 15.5 Å². The highest BCUT2D eigenvalue weighted by Gasteiger charge is 2.20. The summed E-state index contributed by atoms with van der Waals surface area (Å²) >= 11 is 1.10. The quantitative estimate of drug-likeness (QED) is 0.527. The van der Waals surface area contributed by atoms with Crippen molar-refractivity contribution < 1.29 is 23.3 Å². The van der Waals surface area contributed by atoms with Crippen molar-refractivity contribution in [3.63, 3.8) is 0 Å². The Balaban J connectivity index is 1.48. The lowest BCUT2D eigenvalue weighted by Gasteiger charge is -2.11. The van der Waals surface area contributed by atoms with Crippen LogP contribution in [0, 0.1) is 6.92 Å². The van der Waals surface area contributed by atoms with E-state index in [0.717, 1.165) is 11.8 Å². The highest BCUT2D eigenvalue weighted by atomic mass is 32.2. The number of amides is 1. The van der Waals surface area contributed by atoms with E-state index in [4.69, 9.17) is 13.7 Å². The van der Waals surface area contributed by atoms with E-state index < -0.39 is 18.0 Å². The first kappa shape index (κ1) is 17.0. The van der Waals surface area contributed by atoms with Crippen molar-refractivity contribution in [1.82, 2.24) is 10.1 Å². The standard InChI is InChI=1S/C16H15N3O5S/c1-9-7-13(19-24-9)18-15(21)10(2)22-14(20)8-25-16-17-11-5-3-4-6-12(11)23-16/h3-7,10H,8H2,1-2H3,(H,18,19,21). The number of carbonyl (C=O) groups excluding carboxylic acids is 2. The minimum Gasteiger partial charge on any atom is -0.452 e. The fourth-order valence-electron chi connectivity index (χ4n) is 1.97. The number of rotatable bonds is 6. The molecule has 0 aliphatic rings. The number of para-hydroxylation sites is 2. The summed E-state index contributed by atoms with van der Waals surface area (Å²) in [4.78, 5) is 28.1. The molecule has 1 atom stereocenters. The predicted molar refractivity (Wildman–Crippen MR) is 90.2 cm³/mol. The number of aromatic nitrogens is 2. The van der Waals surface area contributed by atoms with E-state index in [0.29, 0.717) is 22.1 Å². The number of carbonyl (C=O) groups is 2. The van der Waals surface area contributed by atoms with E-state index in [1.165, 1.54) is 6.92 Å². The SMILES string of the molecule is Cc1cc(NC(=O)C(C)OC(=O)CSc2nc3ccccc3o2)no1. The van der Waals surface area contributed by atoms with E-state index >= 15 is 0 Å². The van der Waals surface area contributed by atoms with Gasteiger partial charge in [0.05, 0.1) is 0 Å². The summed E-state index contributed by atoms with van der Waals surface area (Å²) in [6, 6.07) is 8.87. The number of nitrogens with zero attached hydrogens (tertiary/aromatic N) is 2. The van der Waals surface area contributed by atoms with Gasteiger partial charge in [-0.3, -0.25) is 9.59 Å². The summed E-state index contributed by atoms with van der Waals surface area (Å²) in [5, 5.41) is 6.51. The molecule has 1 aromatic carbocycles. The number of ether oxygens (including phenoxy) is 1. The number of anilines is 1. The molecule has 0 spiro atoms. The van der Waals surface area contributed by atoms with E-state index in [-0.39, 0.29) is 11.6 Å². The van der Waals surface area contributed by atoms with Crippen LogP contribution < -0.4 is 5.32 Å². The average molecular weight is 361 g/mol. The minimum absolute atomic E-state index is 0.0203. The molecule has 9 heteroatoms. The Morgan fingerprint density at radius 1 is 1.36 bits per heavy atom. The highest BCUT2D eigenvalue weighted by molar-refractivity contribution is 7.99. The summed E-state index contributed by atoms with van der Waals surface area (Å²) < 4.78 is 15.4. The van der Waals surface area contributed by atoms with Gasteiger partial charge in [-0.25, -0.2) is 4.98 Å². The topological polar surface area (TPSA) is 107 Å². The molecule has 0 bridgehead atoms. The Labute approximate surface area is 146 Å². The van der Waals surface area contributed by atoms with Crippen LogP contribution >= 0.6 is 11.8 Å². The van der Waals surface area contributed by atoms with Gasteiger partial charge in [0.2, 0.25) is 0 Å². The van der Waals surface area contributed by atoms with Gasteiger partial charge >= 0.3 is 5.97 Å². The predicted octanol–water partition coefficient (Wildman–Crippen LogP) is 2.79. The molecule has 2 heterocycles. The van der Waals surface area contributed by atoms with Crippen molar-refractivity contribution >= 4 is 40.6 Å². The van der Waals surface area contributed by atoms with Crippen LogP contribution in [0.1, 0.15) is 12.7 Å². The zero-order chi connectivity index (χ0) is 17.8. The van der Waals surface area contributed by atoms with Crippen molar-refractivity contribution in [3.05, 3.63) is 36.1 Å². The molecular formula is C16H15N3O5S. The third kappa shape index (κ3) is 4.38. The number of benzene rings is 1. The lowest BCUT2D eigenvalue weighted by Crippen LogP contribution is -2.30. The molecule has 25 heavy (non-hydrogen) atoms. The molecule has 0 fully saturated rings. The second-order valence-electron chi connectivity index (χ2n) is 5.18. The van der Waals surface area contributed by atoms with Crippen molar-refractivity contribution in [2.75, 3.05) is 11.1 Å². The largest absolute Gasteiger partial charge is 0.452 e. The number of aryl methyl sites for hydroxylation is 1. The van der Waals surface area contributed by atoms with Crippen molar-refractivity contribution in [3.8, 4) is 0 Å². The van der Waals surface area contributed by atoms with Gasteiger partial charge < -0.3 is 19.0 Å². The van der Waals surface area contributed by atoms with Gasteiger partial charge in [0, 0.05) is 6.07 Å². The molecule has 3 rings (SSSR count). The summed E-state index contributed by atoms with van der Waals surface area (Å²) in [5.41, 5.74) is 1.36. The zero-order valence-electron chi connectivity index (χ0n) is 13.5. The summed E-state index contributed by atoms with van der Waals surface area (Å²) in [6.07, 6.45) is -0.964. The molecule has 2 aromatic heterocycles. The second-order valence-corrected chi connectivity index (χ2v) is 6.11. The first-order chi connectivity index (χ1) is 12.0. The molecule has 0 aliphatic heterocycles. The number of esters is 1. The van der Waals surface area contributed by atoms with Gasteiger partial charge in [-0.1, -0.05) is 29.1 Å². The van der Waals surface area contributed by atoms with Crippen molar-refractivity contribution in [2.24, 2.45) is 0 Å². The highest BCUT2D eigenvalue weighted by Crippen LogP contribution is 2.23. The zero-order valence-corrected chi connectivity index (χ0v) is 14.3. The first-order valence-corrected chi connectivity index (χ1v) is 8.42. The Morgan fingerprint density at radius 3 is 2.88 bits per heavy atom. The summed E-state index contributed by atoms with van der Waals surface area (Å²) in [5.74, 6) is -0.228. The van der Waals surface area contributed by atoms with Crippen LogP contribution in [0.2, 0.25) is 0 Å². The van der Waals surface area contributed by atoms with Crippen LogP contribution in [0.15, 0.2) is 44.5 Å². The Bertz CT molecular complexity index is 871. The molecule has 0 saturated carbocycles. The van der Waals surface area contributed by atoms with E-state index in [1.807, 2.05) is 18.2 Å².